The summed E-state index contributed by atoms with van der Waals surface area (Å²) >= 11 is 0. The van der Waals surface area contributed by atoms with Crippen LogP contribution >= 0.6 is 0 Å². The van der Waals surface area contributed by atoms with Crippen LogP contribution in [0.2, 0.25) is 0 Å². The molecule has 6 aliphatic rings. The fourth-order valence-electron chi connectivity index (χ4n) is 8.29. The van der Waals surface area contributed by atoms with Gasteiger partial charge in [0.1, 0.15) is 0 Å². The predicted octanol–water partition coefficient (Wildman–Crippen LogP) is 5.56. The zero-order valence-corrected chi connectivity index (χ0v) is 19.4. The van der Waals surface area contributed by atoms with Gasteiger partial charge in [-0.15, -0.1) is 0 Å². The van der Waals surface area contributed by atoms with E-state index >= 15 is 0 Å². The van der Waals surface area contributed by atoms with Crippen molar-refractivity contribution in [2.45, 2.75) is 35.5 Å². The maximum Gasteiger partial charge on any atom is 0.0358 e. The highest BCUT2D eigenvalue weighted by Gasteiger charge is 2.64. The largest absolute Gasteiger partial charge is 0.330 e. The van der Waals surface area contributed by atoms with Crippen molar-refractivity contribution in [3.8, 4) is 0 Å². The molecular weight excluding hydrogens is 412 g/mol. The van der Waals surface area contributed by atoms with Crippen LogP contribution in [0.5, 0.6) is 0 Å². The Morgan fingerprint density at radius 1 is 0.441 bits per heavy atom. The first-order valence-electron chi connectivity index (χ1n) is 12.6. The summed E-state index contributed by atoms with van der Waals surface area (Å²) in [7, 11) is 0. The van der Waals surface area contributed by atoms with Crippen molar-refractivity contribution in [1.29, 1.82) is 0 Å². The van der Waals surface area contributed by atoms with Gasteiger partial charge in [0.25, 0.3) is 0 Å². The molecule has 0 atom stereocenters. The van der Waals surface area contributed by atoms with Crippen molar-refractivity contribution in [3.63, 3.8) is 0 Å². The van der Waals surface area contributed by atoms with Crippen molar-refractivity contribution in [3.05, 3.63) is 142 Å². The maximum absolute atomic E-state index is 6.54. The lowest BCUT2D eigenvalue weighted by Gasteiger charge is -2.63. The van der Waals surface area contributed by atoms with Crippen LogP contribution in [0.3, 0.4) is 0 Å². The van der Waals surface area contributed by atoms with E-state index in [-0.39, 0.29) is 22.7 Å². The lowest BCUT2D eigenvalue weighted by molar-refractivity contribution is 0.242. The molecule has 4 bridgehead atoms. The van der Waals surface area contributed by atoms with Gasteiger partial charge in [-0.3, -0.25) is 0 Å². The van der Waals surface area contributed by atoms with E-state index in [1.165, 1.54) is 44.5 Å². The second-order valence-electron chi connectivity index (χ2n) is 10.2. The first kappa shape index (κ1) is 20.2. The van der Waals surface area contributed by atoms with Gasteiger partial charge in [-0.05, 0) is 70.4 Å². The molecule has 4 N–H and O–H groups in total. The summed E-state index contributed by atoms with van der Waals surface area (Å²) in [4.78, 5) is 0. The fourth-order valence-corrected chi connectivity index (χ4v) is 8.29. The molecule has 0 fully saturated rings. The van der Waals surface area contributed by atoms with Gasteiger partial charge in [-0.2, -0.15) is 0 Å². The van der Waals surface area contributed by atoms with Gasteiger partial charge in [0.2, 0.25) is 0 Å². The predicted molar refractivity (Wildman–Crippen MR) is 138 cm³/mol. The first-order chi connectivity index (χ1) is 16.8. The van der Waals surface area contributed by atoms with Gasteiger partial charge < -0.3 is 11.5 Å². The van der Waals surface area contributed by atoms with E-state index in [9.17, 15) is 0 Å². The van der Waals surface area contributed by atoms with Crippen molar-refractivity contribution in [2.75, 3.05) is 13.1 Å². The smallest absolute Gasteiger partial charge is 0.0358 e. The summed E-state index contributed by atoms with van der Waals surface area (Å²) in [6.07, 6.45) is 1.75. The van der Waals surface area contributed by atoms with Crippen molar-refractivity contribution >= 4 is 0 Å². The third kappa shape index (κ3) is 2.15. The average molecular weight is 443 g/mol. The molecule has 6 aliphatic carbocycles. The van der Waals surface area contributed by atoms with Crippen LogP contribution in [0.25, 0.3) is 0 Å². The highest BCUT2D eigenvalue weighted by atomic mass is 14.7. The summed E-state index contributed by atoms with van der Waals surface area (Å²) in [5, 5.41) is 0. The Morgan fingerprint density at radius 3 is 0.971 bits per heavy atom. The van der Waals surface area contributed by atoms with E-state index in [4.69, 9.17) is 11.5 Å². The van der Waals surface area contributed by atoms with Gasteiger partial charge in [-0.25, -0.2) is 0 Å². The van der Waals surface area contributed by atoms with E-state index in [1.807, 2.05) is 0 Å². The Labute approximate surface area is 201 Å². The Morgan fingerprint density at radius 2 is 0.706 bits per heavy atom. The quantitative estimate of drug-likeness (QED) is 0.435. The van der Waals surface area contributed by atoms with Crippen LogP contribution in [-0.2, 0) is 10.8 Å². The van der Waals surface area contributed by atoms with Crippen LogP contribution in [-0.4, -0.2) is 13.1 Å². The molecule has 0 radical (unpaired) electrons. The third-order valence-electron chi connectivity index (χ3n) is 9.12. The highest BCUT2D eigenvalue weighted by Crippen LogP contribution is 2.70. The molecule has 0 aliphatic heterocycles. The van der Waals surface area contributed by atoms with Gasteiger partial charge in [0.05, 0.1) is 0 Å². The zero-order chi connectivity index (χ0) is 22.9. The van der Waals surface area contributed by atoms with E-state index in [0.29, 0.717) is 13.1 Å². The maximum atomic E-state index is 6.54. The highest BCUT2D eigenvalue weighted by molar-refractivity contribution is 5.73. The summed E-state index contributed by atoms with van der Waals surface area (Å²) < 4.78 is 0. The molecule has 0 unspecified atom stereocenters. The topological polar surface area (TPSA) is 52.0 Å². The van der Waals surface area contributed by atoms with Gasteiger partial charge in [0, 0.05) is 22.7 Å². The molecule has 2 nitrogen and oxygen atoms in total. The van der Waals surface area contributed by atoms with Crippen LogP contribution in [0.4, 0.5) is 0 Å². The second kappa shape index (κ2) is 7.15. The standard InChI is InChI=1S/C32H30N2/c33-19-17-31-25-13-5-1-9-21(25)29(22-10-2-6-14-26(22)31)30-23-11-3-7-15-27(23)32(31,18-20-34)28-16-8-4-12-24(28)30/h1-16,29-30H,17-20,33-34H2. The molecule has 0 amide bonds. The summed E-state index contributed by atoms with van der Waals surface area (Å²) in [6.45, 7) is 1.24. The molecule has 34 heavy (non-hydrogen) atoms. The number of hydrogen-bond acceptors (Lipinski definition) is 2. The summed E-state index contributed by atoms with van der Waals surface area (Å²) in [6, 6.07) is 36.8. The van der Waals surface area contributed by atoms with E-state index < -0.39 is 0 Å². The molecule has 10 rings (SSSR count). The molecule has 0 saturated carbocycles. The van der Waals surface area contributed by atoms with E-state index in [0.717, 1.165) is 12.8 Å². The zero-order valence-electron chi connectivity index (χ0n) is 19.4. The second-order valence-corrected chi connectivity index (χ2v) is 10.2. The average Bonchev–Trinajstić information content (AvgIpc) is 2.88. The Bertz CT molecular complexity index is 1210. The van der Waals surface area contributed by atoms with Crippen molar-refractivity contribution in [2.24, 2.45) is 11.5 Å². The minimum Gasteiger partial charge on any atom is -0.330 e. The Hall–Kier alpha value is -3.20. The number of nitrogens with two attached hydrogens (primary N) is 2. The van der Waals surface area contributed by atoms with Gasteiger partial charge in [-0.1, -0.05) is 97.1 Å². The molecule has 4 aromatic carbocycles. The van der Waals surface area contributed by atoms with E-state index in [1.54, 1.807) is 0 Å². The van der Waals surface area contributed by atoms with Crippen LogP contribution in [0.1, 0.15) is 69.2 Å². The molecule has 2 heteroatoms. The molecular formula is C32H30N2. The van der Waals surface area contributed by atoms with Crippen LogP contribution in [0.15, 0.2) is 97.1 Å². The number of rotatable bonds is 4. The minimum atomic E-state index is -0.289. The van der Waals surface area contributed by atoms with E-state index in [2.05, 4.69) is 97.1 Å². The number of hydrogen-bond donors (Lipinski definition) is 2. The van der Waals surface area contributed by atoms with Crippen LogP contribution < -0.4 is 11.5 Å². The van der Waals surface area contributed by atoms with Crippen molar-refractivity contribution < 1.29 is 0 Å². The monoisotopic (exact) mass is 442 g/mol. The minimum absolute atomic E-state index is 0.275. The molecule has 0 heterocycles. The molecule has 0 spiro atoms. The molecule has 168 valence electrons. The summed E-state index contributed by atoms with van der Waals surface area (Å²) in [5.41, 5.74) is 24.1. The van der Waals surface area contributed by atoms with Crippen molar-refractivity contribution in [1.82, 2.24) is 0 Å². The SMILES string of the molecule is NCCC12c3ccccc3C(c3ccccc31)C1c3ccccc3C2(CCN)c2ccccc21. The number of benzene rings is 4. The Balaban J connectivity index is 1.78. The Kier molecular flexibility index (Phi) is 4.25. The van der Waals surface area contributed by atoms with Crippen LogP contribution in [0, 0.1) is 0 Å². The molecule has 4 aromatic rings. The normalized spacial score (nSPS) is 27.2. The fraction of sp³-hybridized carbons (Fsp3) is 0.250. The third-order valence-corrected chi connectivity index (χ3v) is 9.12. The van der Waals surface area contributed by atoms with Gasteiger partial charge in [0.15, 0.2) is 0 Å². The van der Waals surface area contributed by atoms with Gasteiger partial charge >= 0.3 is 0 Å². The lowest BCUT2D eigenvalue weighted by atomic mass is 9.39. The lowest BCUT2D eigenvalue weighted by Crippen LogP contribution is -2.59. The molecule has 0 aromatic heterocycles. The molecule has 0 saturated heterocycles. The summed E-state index contributed by atoms with van der Waals surface area (Å²) in [5.74, 6) is 0.550. The first-order valence-corrected chi connectivity index (χ1v) is 12.6.